The van der Waals surface area contributed by atoms with E-state index < -0.39 is 0 Å². The number of nitrogens with two attached hydrogens (primary N) is 1. The van der Waals surface area contributed by atoms with Gasteiger partial charge in [0, 0.05) is 17.5 Å². The quantitative estimate of drug-likeness (QED) is 0.673. The second-order valence-electron chi connectivity index (χ2n) is 4.30. The average molecular weight is 298 g/mol. The van der Waals surface area contributed by atoms with Crippen LogP contribution >= 0.6 is 11.6 Å². The van der Waals surface area contributed by atoms with E-state index in [1.54, 1.807) is 30.3 Å². The summed E-state index contributed by atoms with van der Waals surface area (Å²) in [6, 6.07) is 13.9. The van der Waals surface area contributed by atoms with Gasteiger partial charge in [0.2, 0.25) is 5.91 Å². The van der Waals surface area contributed by atoms with Crippen molar-refractivity contribution in [3.8, 4) is 6.07 Å². The van der Waals surface area contributed by atoms with Gasteiger partial charge in [-0.3, -0.25) is 4.79 Å². The second kappa shape index (κ2) is 6.60. The molecule has 0 saturated heterocycles. The van der Waals surface area contributed by atoms with Gasteiger partial charge in [-0.05, 0) is 42.0 Å². The van der Waals surface area contributed by atoms with E-state index in [0.717, 1.165) is 5.56 Å². The molecule has 0 aromatic heterocycles. The van der Waals surface area contributed by atoms with Crippen molar-refractivity contribution in [1.29, 1.82) is 5.26 Å². The van der Waals surface area contributed by atoms with Crippen molar-refractivity contribution in [2.75, 3.05) is 11.1 Å². The molecule has 0 saturated carbocycles. The van der Waals surface area contributed by atoms with Gasteiger partial charge in [0.1, 0.15) is 6.07 Å². The number of anilines is 2. The lowest BCUT2D eigenvalue weighted by Gasteiger charge is -2.03. The summed E-state index contributed by atoms with van der Waals surface area (Å²) in [6.07, 6.45) is 3.07. The van der Waals surface area contributed by atoms with Gasteiger partial charge in [-0.15, -0.1) is 0 Å². The molecule has 104 valence electrons. The molecule has 0 bridgehead atoms. The van der Waals surface area contributed by atoms with Crippen LogP contribution in [0.25, 0.3) is 6.08 Å². The largest absolute Gasteiger partial charge is 0.399 e. The normalized spacial score (nSPS) is 10.3. The highest BCUT2D eigenvalue weighted by atomic mass is 35.5. The fraction of sp³-hybridized carbons (Fsp3) is 0. The number of amides is 1. The molecule has 0 atom stereocenters. The molecule has 0 fully saturated rings. The maximum absolute atomic E-state index is 11.8. The topological polar surface area (TPSA) is 78.9 Å². The second-order valence-corrected chi connectivity index (χ2v) is 4.71. The van der Waals surface area contributed by atoms with Gasteiger partial charge in [0.25, 0.3) is 0 Å². The van der Waals surface area contributed by atoms with E-state index in [9.17, 15) is 4.79 Å². The molecule has 0 radical (unpaired) electrons. The molecule has 0 aliphatic heterocycles. The van der Waals surface area contributed by atoms with Crippen molar-refractivity contribution in [2.45, 2.75) is 0 Å². The minimum absolute atomic E-state index is 0.293. The molecule has 2 aromatic rings. The molecule has 4 nitrogen and oxygen atoms in total. The van der Waals surface area contributed by atoms with E-state index >= 15 is 0 Å². The van der Waals surface area contributed by atoms with Crippen molar-refractivity contribution < 1.29 is 4.79 Å². The van der Waals surface area contributed by atoms with Crippen molar-refractivity contribution in [1.82, 2.24) is 0 Å². The number of carbonyl (C=O) groups excluding carboxylic acids is 1. The SMILES string of the molecule is N#Cc1ccc(NC(=O)/C=C/c2cccc(N)c2)cc1Cl. The first-order chi connectivity index (χ1) is 10.1. The fourth-order valence-electron chi connectivity index (χ4n) is 1.70. The third-order valence-electron chi connectivity index (χ3n) is 2.69. The number of hydrogen-bond donors (Lipinski definition) is 2. The molecule has 0 unspecified atom stereocenters. The van der Waals surface area contributed by atoms with Crippen LogP contribution < -0.4 is 11.1 Å². The zero-order valence-corrected chi connectivity index (χ0v) is 11.8. The minimum Gasteiger partial charge on any atom is -0.399 e. The van der Waals surface area contributed by atoms with Crippen LogP contribution in [0.2, 0.25) is 5.02 Å². The Hall–Kier alpha value is -2.77. The van der Waals surface area contributed by atoms with Crippen LogP contribution in [-0.4, -0.2) is 5.91 Å². The lowest BCUT2D eigenvalue weighted by Crippen LogP contribution is -2.07. The Balaban J connectivity index is 2.05. The number of hydrogen-bond acceptors (Lipinski definition) is 3. The number of halogens is 1. The summed E-state index contributed by atoms with van der Waals surface area (Å²) in [5.74, 6) is -0.293. The van der Waals surface area contributed by atoms with Crippen LogP contribution in [-0.2, 0) is 4.79 Å². The molecule has 5 heteroatoms. The predicted octanol–water partition coefficient (Wildman–Crippen LogP) is 3.45. The molecular weight excluding hydrogens is 286 g/mol. The highest BCUT2D eigenvalue weighted by Crippen LogP contribution is 2.20. The molecule has 0 aliphatic carbocycles. The van der Waals surface area contributed by atoms with Crippen LogP contribution in [0.4, 0.5) is 11.4 Å². The Bertz CT molecular complexity index is 747. The number of nitrogen functional groups attached to an aromatic ring is 1. The van der Waals surface area contributed by atoms with Gasteiger partial charge in [0.05, 0.1) is 10.6 Å². The van der Waals surface area contributed by atoms with Crippen LogP contribution in [0, 0.1) is 11.3 Å². The summed E-state index contributed by atoms with van der Waals surface area (Å²) in [5.41, 5.74) is 8.02. The van der Waals surface area contributed by atoms with E-state index in [-0.39, 0.29) is 5.91 Å². The number of nitrogens with one attached hydrogen (secondary N) is 1. The third kappa shape index (κ3) is 4.10. The number of benzene rings is 2. The summed E-state index contributed by atoms with van der Waals surface area (Å²) >= 11 is 5.90. The summed E-state index contributed by atoms with van der Waals surface area (Å²) in [5, 5.41) is 11.7. The molecule has 0 aliphatic rings. The van der Waals surface area contributed by atoms with Crippen molar-refractivity contribution >= 4 is 35.0 Å². The fourth-order valence-corrected chi connectivity index (χ4v) is 1.92. The van der Waals surface area contributed by atoms with Gasteiger partial charge in [0.15, 0.2) is 0 Å². The first-order valence-electron chi connectivity index (χ1n) is 6.13. The molecular formula is C16H12ClN3O. The predicted molar refractivity (Wildman–Crippen MR) is 84.7 cm³/mol. The smallest absolute Gasteiger partial charge is 0.248 e. The molecule has 1 amide bonds. The molecule has 21 heavy (non-hydrogen) atoms. The third-order valence-corrected chi connectivity index (χ3v) is 3.01. The van der Waals surface area contributed by atoms with Gasteiger partial charge < -0.3 is 11.1 Å². The maximum atomic E-state index is 11.8. The van der Waals surface area contributed by atoms with Gasteiger partial charge >= 0.3 is 0 Å². The first kappa shape index (κ1) is 14.6. The highest BCUT2D eigenvalue weighted by Gasteiger charge is 2.03. The lowest BCUT2D eigenvalue weighted by atomic mass is 10.2. The van der Waals surface area contributed by atoms with Crippen LogP contribution in [0.1, 0.15) is 11.1 Å². The number of nitrogens with zero attached hydrogens (tertiary/aromatic N) is 1. The average Bonchev–Trinajstić information content (AvgIpc) is 2.45. The number of nitriles is 1. The van der Waals surface area contributed by atoms with Gasteiger partial charge in [-0.2, -0.15) is 5.26 Å². The van der Waals surface area contributed by atoms with Gasteiger partial charge in [-0.25, -0.2) is 0 Å². The summed E-state index contributed by atoms with van der Waals surface area (Å²) in [7, 11) is 0. The van der Waals surface area contributed by atoms with Gasteiger partial charge in [-0.1, -0.05) is 23.7 Å². The maximum Gasteiger partial charge on any atom is 0.248 e. The summed E-state index contributed by atoms with van der Waals surface area (Å²) in [4.78, 5) is 11.8. The van der Waals surface area contributed by atoms with Crippen molar-refractivity contribution in [3.63, 3.8) is 0 Å². The first-order valence-corrected chi connectivity index (χ1v) is 6.50. The Morgan fingerprint density at radius 3 is 2.76 bits per heavy atom. The summed E-state index contributed by atoms with van der Waals surface area (Å²) < 4.78 is 0. The van der Waals surface area contributed by atoms with Crippen LogP contribution in [0.15, 0.2) is 48.5 Å². The zero-order valence-electron chi connectivity index (χ0n) is 11.0. The number of rotatable bonds is 3. The monoisotopic (exact) mass is 297 g/mol. The standard InChI is InChI=1S/C16H12ClN3O/c17-15-9-14(6-5-12(15)10-18)20-16(21)7-4-11-2-1-3-13(19)8-11/h1-9H,19H2,(H,20,21)/b7-4+. The van der Waals surface area contributed by atoms with E-state index in [1.807, 2.05) is 18.2 Å². The molecule has 0 spiro atoms. The summed E-state index contributed by atoms with van der Waals surface area (Å²) in [6.45, 7) is 0. The Morgan fingerprint density at radius 2 is 2.10 bits per heavy atom. The molecule has 2 aromatic carbocycles. The highest BCUT2D eigenvalue weighted by molar-refractivity contribution is 6.32. The minimum atomic E-state index is -0.293. The lowest BCUT2D eigenvalue weighted by molar-refractivity contribution is -0.111. The van der Waals surface area contributed by atoms with Crippen molar-refractivity contribution in [3.05, 3.63) is 64.7 Å². The zero-order chi connectivity index (χ0) is 15.2. The number of carbonyl (C=O) groups is 1. The van der Waals surface area contributed by atoms with Crippen molar-refractivity contribution in [2.24, 2.45) is 0 Å². The van der Waals surface area contributed by atoms with Crippen LogP contribution in [0.3, 0.4) is 0 Å². The van der Waals surface area contributed by atoms with Crippen LogP contribution in [0.5, 0.6) is 0 Å². The Labute approximate surface area is 127 Å². The Morgan fingerprint density at radius 1 is 1.29 bits per heavy atom. The molecule has 2 rings (SSSR count). The van der Waals surface area contributed by atoms with E-state index in [4.69, 9.17) is 22.6 Å². The van der Waals surface area contributed by atoms with E-state index in [0.29, 0.717) is 22.0 Å². The van der Waals surface area contributed by atoms with E-state index in [2.05, 4.69) is 5.32 Å². The molecule has 3 N–H and O–H groups in total. The molecule has 0 heterocycles. The Kier molecular flexibility index (Phi) is 4.60. The van der Waals surface area contributed by atoms with E-state index in [1.165, 1.54) is 12.1 Å².